The number of benzene rings is 1. The van der Waals surface area contributed by atoms with Crippen LogP contribution in [0.5, 0.6) is 5.75 Å². The van der Waals surface area contributed by atoms with Crippen LogP contribution in [0.1, 0.15) is 35.1 Å². The first-order valence-corrected chi connectivity index (χ1v) is 8.35. The van der Waals surface area contributed by atoms with Crippen LogP contribution < -0.4 is 4.74 Å². The average Bonchev–Trinajstić information content (AvgIpc) is 2.92. The van der Waals surface area contributed by atoms with Gasteiger partial charge in [0.15, 0.2) is 5.75 Å². The molecule has 3 rings (SSSR count). The molecule has 0 aliphatic heterocycles. The van der Waals surface area contributed by atoms with E-state index < -0.39 is 5.97 Å². The SMILES string of the molecule is CCC(=O)Oc1c(C(=O)c2cc(C)ccn2)[nH]c2cc(Cl)c(Cl)cc12. The zero-order valence-electron chi connectivity index (χ0n) is 13.5. The number of H-pyrrole nitrogens is 1. The maximum Gasteiger partial charge on any atom is 0.310 e. The Kier molecular flexibility index (Phi) is 4.79. The maximum atomic E-state index is 12.9. The van der Waals surface area contributed by atoms with Crippen molar-refractivity contribution >= 4 is 45.9 Å². The summed E-state index contributed by atoms with van der Waals surface area (Å²) >= 11 is 12.1. The van der Waals surface area contributed by atoms with Crippen LogP contribution in [-0.2, 0) is 4.79 Å². The summed E-state index contributed by atoms with van der Waals surface area (Å²) in [5.41, 5.74) is 1.82. The number of nitrogens with zero attached hydrogens (tertiary/aromatic N) is 1. The van der Waals surface area contributed by atoms with Crippen molar-refractivity contribution in [2.75, 3.05) is 0 Å². The molecule has 1 N–H and O–H groups in total. The maximum absolute atomic E-state index is 12.9. The number of aryl methyl sites for hydroxylation is 1. The van der Waals surface area contributed by atoms with Crippen LogP contribution >= 0.6 is 23.2 Å². The summed E-state index contributed by atoms with van der Waals surface area (Å²) in [6, 6.07) is 6.61. The van der Waals surface area contributed by atoms with Gasteiger partial charge in [-0.05, 0) is 36.8 Å². The van der Waals surface area contributed by atoms with E-state index in [4.69, 9.17) is 27.9 Å². The lowest BCUT2D eigenvalue weighted by atomic mass is 10.1. The molecule has 5 nitrogen and oxygen atoms in total. The van der Waals surface area contributed by atoms with Crippen molar-refractivity contribution in [2.24, 2.45) is 0 Å². The molecule has 2 heterocycles. The fraction of sp³-hybridized carbons (Fsp3) is 0.167. The number of nitrogens with one attached hydrogen (secondary N) is 1. The average molecular weight is 377 g/mol. The van der Waals surface area contributed by atoms with Gasteiger partial charge in [-0.15, -0.1) is 0 Å². The molecule has 0 saturated carbocycles. The minimum Gasteiger partial charge on any atom is -0.423 e. The Balaban J connectivity index is 2.20. The van der Waals surface area contributed by atoms with Gasteiger partial charge in [0.1, 0.15) is 11.4 Å². The van der Waals surface area contributed by atoms with Crippen molar-refractivity contribution < 1.29 is 14.3 Å². The molecule has 0 spiro atoms. The van der Waals surface area contributed by atoms with E-state index in [9.17, 15) is 9.59 Å². The zero-order chi connectivity index (χ0) is 18.1. The van der Waals surface area contributed by atoms with Crippen molar-refractivity contribution in [1.29, 1.82) is 0 Å². The highest BCUT2D eigenvalue weighted by molar-refractivity contribution is 6.43. The van der Waals surface area contributed by atoms with Crippen molar-refractivity contribution in [1.82, 2.24) is 9.97 Å². The third-order valence-electron chi connectivity index (χ3n) is 3.67. The molecule has 128 valence electrons. The van der Waals surface area contributed by atoms with Gasteiger partial charge in [0, 0.05) is 18.0 Å². The predicted octanol–water partition coefficient (Wildman–Crippen LogP) is 4.72. The van der Waals surface area contributed by atoms with E-state index in [2.05, 4.69) is 9.97 Å². The third kappa shape index (κ3) is 3.38. The van der Waals surface area contributed by atoms with E-state index in [-0.39, 0.29) is 29.3 Å². The minimum atomic E-state index is -0.460. The number of hydrogen-bond donors (Lipinski definition) is 1. The van der Waals surface area contributed by atoms with Crippen molar-refractivity contribution in [2.45, 2.75) is 20.3 Å². The quantitative estimate of drug-likeness (QED) is 0.527. The molecule has 0 bridgehead atoms. The molecule has 0 fully saturated rings. The van der Waals surface area contributed by atoms with Gasteiger partial charge >= 0.3 is 5.97 Å². The fourth-order valence-electron chi connectivity index (χ4n) is 2.40. The zero-order valence-corrected chi connectivity index (χ0v) is 15.0. The van der Waals surface area contributed by atoms with Crippen LogP contribution in [0.15, 0.2) is 30.5 Å². The van der Waals surface area contributed by atoms with Crippen LogP contribution in [0.2, 0.25) is 10.0 Å². The van der Waals surface area contributed by atoms with Crippen LogP contribution in [0.4, 0.5) is 0 Å². The number of pyridine rings is 1. The van der Waals surface area contributed by atoms with Crippen molar-refractivity contribution in [3.63, 3.8) is 0 Å². The lowest BCUT2D eigenvalue weighted by molar-refractivity contribution is -0.133. The minimum absolute atomic E-state index is 0.133. The van der Waals surface area contributed by atoms with Gasteiger partial charge in [-0.25, -0.2) is 0 Å². The van der Waals surface area contributed by atoms with Crippen LogP contribution in [0.3, 0.4) is 0 Å². The molecule has 0 aliphatic rings. The van der Waals surface area contributed by atoms with Crippen LogP contribution in [0.25, 0.3) is 10.9 Å². The molecule has 0 saturated heterocycles. The number of aromatic amines is 1. The Bertz CT molecular complexity index is 995. The molecule has 0 radical (unpaired) electrons. The summed E-state index contributed by atoms with van der Waals surface area (Å²) in [4.78, 5) is 31.8. The van der Waals surface area contributed by atoms with Crippen LogP contribution in [-0.4, -0.2) is 21.7 Å². The first kappa shape index (κ1) is 17.5. The van der Waals surface area contributed by atoms with Gasteiger partial charge in [0.25, 0.3) is 0 Å². The van der Waals surface area contributed by atoms with E-state index in [1.807, 2.05) is 6.92 Å². The van der Waals surface area contributed by atoms with E-state index in [1.165, 1.54) is 0 Å². The summed E-state index contributed by atoms with van der Waals surface area (Å²) in [5.74, 6) is -0.710. The third-order valence-corrected chi connectivity index (χ3v) is 4.39. The highest BCUT2D eigenvalue weighted by atomic mass is 35.5. The monoisotopic (exact) mass is 376 g/mol. The lowest BCUT2D eigenvalue weighted by Gasteiger charge is -2.05. The lowest BCUT2D eigenvalue weighted by Crippen LogP contribution is -2.11. The van der Waals surface area contributed by atoms with Crippen molar-refractivity contribution in [3.8, 4) is 5.75 Å². The van der Waals surface area contributed by atoms with Gasteiger partial charge in [-0.2, -0.15) is 0 Å². The number of aromatic nitrogens is 2. The highest BCUT2D eigenvalue weighted by Gasteiger charge is 2.24. The number of halogens is 2. The standard InChI is InChI=1S/C18H14Cl2N2O3/c1-3-15(23)25-18-10-7-11(19)12(20)8-13(10)22-16(18)17(24)14-6-9(2)4-5-21-14/h4-8,22H,3H2,1-2H3. The number of hydrogen-bond acceptors (Lipinski definition) is 4. The summed E-state index contributed by atoms with van der Waals surface area (Å²) in [6.45, 7) is 3.53. The van der Waals surface area contributed by atoms with Crippen LogP contribution in [0, 0.1) is 6.92 Å². The summed E-state index contributed by atoms with van der Waals surface area (Å²) in [6.07, 6.45) is 1.72. The summed E-state index contributed by atoms with van der Waals surface area (Å²) < 4.78 is 5.40. The Morgan fingerprint density at radius 1 is 1.20 bits per heavy atom. The number of rotatable bonds is 4. The van der Waals surface area contributed by atoms with Gasteiger partial charge < -0.3 is 9.72 Å². The normalized spacial score (nSPS) is 10.9. The van der Waals surface area contributed by atoms with Gasteiger partial charge in [0.2, 0.25) is 5.78 Å². The molecule has 3 aromatic rings. The van der Waals surface area contributed by atoms with Gasteiger partial charge in [-0.1, -0.05) is 30.1 Å². The molecule has 0 aliphatic carbocycles. The van der Waals surface area contributed by atoms with E-state index in [0.29, 0.717) is 20.9 Å². The topological polar surface area (TPSA) is 72.1 Å². The Hall–Kier alpha value is -2.37. The Labute approximate surface area is 153 Å². The van der Waals surface area contributed by atoms with Gasteiger partial charge in [-0.3, -0.25) is 14.6 Å². The number of ether oxygens (including phenoxy) is 1. The molecular weight excluding hydrogens is 363 g/mol. The summed E-state index contributed by atoms with van der Waals surface area (Å²) in [7, 11) is 0. The fourth-order valence-corrected chi connectivity index (χ4v) is 2.73. The molecule has 1 aromatic carbocycles. The number of fused-ring (bicyclic) bond motifs is 1. The van der Waals surface area contributed by atoms with E-state index in [1.54, 1.807) is 37.4 Å². The van der Waals surface area contributed by atoms with Gasteiger partial charge in [0.05, 0.1) is 15.6 Å². The first-order chi connectivity index (χ1) is 11.9. The molecule has 7 heteroatoms. The van der Waals surface area contributed by atoms with E-state index >= 15 is 0 Å². The number of esters is 1. The number of carbonyl (C=O) groups excluding carboxylic acids is 2. The molecular formula is C18H14Cl2N2O3. The van der Waals surface area contributed by atoms with E-state index in [0.717, 1.165) is 5.56 Å². The largest absolute Gasteiger partial charge is 0.423 e. The second-order valence-electron chi connectivity index (χ2n) is 5.52. The molecule has 0 atom stereocenters. The predicted molar refractivity (Wildman–Crippen MR) is 96.7 cm³/mol. The summed E-state index contributed by atoms with van der Waals surface area (Å²) in [5, 5.41) is 1.14. The smallest absolute Gasteiger partial charge is 0.310 e. The second kappa shape index (κ2) is 6.86. The number of ketones is 1. The first-order valence-electron chi connectivity index (χ1n) is 7.59. The number of carbonyl (C=O) groups is 2. The Morgan fingerprint density at radius 2 is 1.92 bits per heavy atom. The van der Waals surface area contributed by atoms with Crippen molar-refractivity contribution in [3.05, 3.63) is 57.5 Å². The molecule has 0 amide bonds. The molecule has 2 aromatic heterocycles. The highest BCUT2D eigenvalue weighted by Crippen LogP contribution is 2.36. The molecule has 25 heavy (non-hydrogen) atoms. The second-order valence-corrected chi connectivity index (χ2v) is 6.33. The Morgan fingerprint density at radius 3 is 2.60 bits per heavy atom. The molecule has 0 unspecified atom stereocenters.